The molecule has 4 aromatic carbocycles. The van der Waals surface area contributed by atoms with E-state index >= 15 is 0 Å². The Bertz CT molecular complexity index is 2300. The molecule has 0 saturated heterocycles. The molecule has 7 rings (SSSR count). The van der Waals surface area contributed by atoms with Gasteiger partial charge in [-0.15, -0.1) is 6.58 Å². The summed E-state index contributed by atoms with van der Waals surface area (Å²) < 4.78 is 46.3. The lowest BCUT2D eigenvalue weighted by molar-refractivity contribution is -0.256. The highest BCUT2D eigenvalue weighted by Crippen LogP contribution is 2.62. The summed E-state index contributed by atoms with van der Waals surface area (Å²) >= 11 is 0. The largest absolute Gasteiger partial charge is 0.496 e. The first-order valence-electron chi connectivity index (χ1n) is 22.5. The van der Waals surface area contributed by atoms with Gasteiger partial charge in [0.2, 0.25) is 5.79 Å². The van der Waals surface area contributed by atoms with Crippen molar-refractivity contribution in [2.75, 3.05) is 33.5 Å². The van der Waals surface area contributed by atoms with Gasteiger partial charge in [0.15, 0.2) is 6.29 Å². The summed E-state index contributed by atoms with van der Waals surface area (Å²) in [6.45, 7) is 6.27. The number of benzene rings is 4. The van der Waals surface area contributed by atoms with Crippen LogP contribution in [0.25, 0.3) is 0 Å². The Kier molecular flexibility index (Phi) is 16.1. The standard InChI is InChI=1S/C52H59FN2O10/c1-4-27-62-52-48(55(51(59)61-5-2)32-35-17-19-39(53)20-18-35)31-45(54-63-34-36-13-7-6-8-14-36)43-29-37(15-9-11-25-56)42(16-10-12-26-57)49(50(43)52)44-30-41(22-24-47(44)65-52)64-40-21-23-46(60-3)38(28-40)33-58/h4,6-8,13-14,17-24,28-30,33,37,42,48-50,56-57H,1,5,9-12,15-16,25-27,31-32,34H2,2-3H3/t37-,42+,48-,49+,50+,52+/m0/s1. The van der Waals surface area contributed by atoms with Crippen LogP contribution in [0.3, 0.4) is 0 Å². The van der Waals surface area contributed by atoms with Gasteiger partial charge in [0.25, 0.3) is 0 Å². The third-order valence-electron chi connectivity index (χ3n) is 12.6. The number of aliphatic hydroxyl groups is 2. The number of amides is 1. The van der Waals surface area contributed by atoms with Crippen molar-refractivity contribution in [3.63, 3.8) is 0 Å². The molecule has 0 bridgehead atoms. The fourth-order valence-corrected chi connectivity index (χ4v) is 9.77. The minimum Gasteiger partial charge on any atom is -0.496 e. The van der Waals surface area contributed by atoms with E-state index in [9.17, 15) is 24.2 Å². The van der Waals surface area contributed by atoms with Gasteiger partial charge in [0.05, 0.1) is 37.5 Å². The number of carbonyl (C=O) groups is 2. The van der Waals surface area contributed by atoms with Crippen LogP contribution in [0.1, 0.15) is 84.8 Å². The molecule has 0 aromatic heterocycles. The van der Waals surface area contributed by atoms with Gasteiger partial charge < -0.3 is 38.7 Å². The number of methoxy groups -OCH3 is 1. The number of hydrogen-bond donors (Lipinski definition) is 2. The van der Waals surface area contributed by atoms with Crippen LogP contribution in [-0.2, 0) is 27.5 Å². The zero-order chi connectivity index (χ0) is 45.8. The molecule has 4 aromatic rings. The molecule has 3 aliphatic rings. The van der Waals surface area contributed by atoms with Gasteiger partial charge in [0.1, 0.15) is 41.5 Å². The van der Waals surface area contributed by atoms with Gasteiger partial charge in [-0.2, -0.15) is 0 Å². The Hall–Kier alpha value is -6.02. The van der Waals surface area contributed by atoms with Crippen molar-refractivity contribution in [3.05, 3.63) is 143 Å². The maximum absolute atomic E-state index is 14.5. The number of nitrogens with zero attached hydrogens (tertiary/aromatic N) is 2. The van der Waals surface area contributed by atoms with Gasteiger partial charge in [-0.1, -0.05) is 72.6 Å². The highest BCUT2D eigenvalue weighted by atomic mass is 19.1. The number of hydrogen-bond acceptors (Lipinski definition) is 11. The Labute approximate surface area is 380 Å². The first kappa shape index (κ1) is 47.0. The molecule has 1 fully saturated rings. The summed E-state index contributed by atoms with van der Waals surface area (Å²) in [6.07, 6.45) is 8.43. The van der Waals surface area contributed by atoms with E-state index in [0.29, 0.717) is 52.7 Å². The number of rotatable bonds is 22. The summed E-state index contributed by atoms with van der Waals surface area (Å²) in [4.78, 5) is 34.2. The molecule has 13 heteroatoms. The SMILES string of the molecule is C=CCO[C@@]12Oc3ccc(Oc4ccc(OC)c(C=O)c4)cc3[C@H]3[C@H](CCCCO)[C@@H](CCCCO)C=C(C(=NOCc4ccccc4)C[C@@H]1N(Cc1ccc(F)cc1)C(=O)OCC)[C@H]32. The van der Waals surface area contributed by atoms with Crippen LogP contribution in [0.4, 0.5) is 9.18 Å². The smallest absolute Gasteiger partial charge is 0.410 e. The highest BCUT2D eigenvalue weighted by molar-refractivity contribution is 6.03. The summed E-state index contributed by atoms with van der Waals surface area (Å²) in [5, 5.41) is 24.9. The first-order valence-corrected chi connectivity index (χ1v) is 22.5. The number of oxime groups is 1. The number of fused-ring (bicyclic) bond motifs is 2. The summed E-state index contributed by atoms with van der Waals surface area (Å²) in [6, 6.07) is 25.5. The van der Waals surface area contributed by atoms with E-state index in [1.54, 1.807) is 54.3 Å². The molecule has 344 valence electrons. The molecule has 6 atom stereocenters. The molecule has 1 amide bonds. The average molecular weight is 891 g/mol. The molecule has 0 radical (unpaired) electrons. The third kappa shape index (κ3) is 10.6. The van der Waals surface area contributed by atoms with Crippen LogP contribution in [0.5, 0.6) is 23.0 Å². The number of aldehydes is 1. The molecular weight excluding hydrogens is 832 g/mol. The van der Waals surface area contributed by atoms with Crippen LogP contribution in [0.15, 0.2) is 120 Å². The monoisotopic (exact) mass is 890 g/mol. The zero-order valence-corrected chi connectivity index (χ0v) is 37.1. The quantitative estimate of drug-likeness (QED) is 0.0339. The molecule has 2 N–H and O–H groups in total. The first-order chi connectivity index (χ1) is 31.8. The topological polar surface area (TPSA) is 146 Å². The van der Waals surface area contributed by atoms with Crippen molar-refractivity contribution in [2.24, 2.45) is 22.9 Å². The molecule has 0 spiro atoms. The van der Waals surface area contributed by atoms with Crippen molar-refractivity contribution in [3.8, 4) is 23.0 Å². The van der Waals surface area contributed by atoms with Gasteiger partial charge in [-0.05, 0) is 110 Å². The molecule has 12 nitrogen and oxygen atoms in total. The van der Waals surface area contributed by atoms with Crippen molar-refractivity contribution < 1.29 is 52.7 Å². The second-order valence-corrected chi connectivity index (χ2v) is 16.6. The molecular formula is C52H59FN2O10. The van der Waals surface area contributed by atoms with E-state index < -0.39 is 29.7 Å². The number of ether oxygens (including phenoxy) is 5. The number of unbranched alkanes of at least 4 members (excludes halogenated alkanes) is 2. The minimum absolute atomic E-state index is 0.00268. The fourth-order valence-electron chi connectivity index (χ4n) is 9.77. The predicted octanol–water partition coefficient (Wildman–Crippen LogP) is 9.93. The lowest BCUT2D eigenvalue weighted by Gasteiger charge is -2.59. The third-order valence-corrected chi connectivity index (χ3v) is 12.6. The second-order valence-electron chi connectivity index (χ2n) is 16.6. The highest BCUT2D eigenvalue weighted by Gasteiger charge is 2.65. The van der Waals surface area contributed by atoms with Crippen molar-refractivity contribution in [2.45, 2.75) is 82.8 Å². The van der Waals surface area contributed by atoms with Crippen LogP contribution >= 0.6 is 0 Å². The van der Waals surface area contributed by atoms with Gasteiger partial charge >= 0.3 is 6.09 Å². The maximum Gasteiger partial charge on any atom is 0.410 e. The van der Waals surface area contributed by atoms with E-state index in [0.717, 1.165) is 48.7 Å². The average Bonchev–Trinajstić information content (AvgIpc) is 3.32. The number of carbonyl (C=O) groups excluding carboxylic acids is 2. The van der Waals surface area contributed by atoms with Crippen molar-refractivity contribution in [1.29, 1.82) is 0 Å². The number of allylic oxidation sites excluding steroid dienone is 1. The van der Waals surface area contributed by atoms with E-state index in [-0.39, 0.29) is 63.8 Å². The molecule has 2 aliphatic carbocycles. The van der Waals surface area contributed by atoms with E-state index in [2.05, 4.69) is 12.7 Å². The van der Waals surface area contributed by atoms with E-state index in [1.807, 2.05) is 42.5 Å². The molecule has 1 aliphatic heterocycles. The van der Waals surface area contributed by atoms with E-state index in [1.165, 1.54) is 19.2 Å². The second kappa shape index (κ2) is 22.3. The lowest BCUT2D eigenvalue weighted by Crippen LogP contribution is -2.70. The van der Waals surface area contributed by atoms with Gasteiger partial charge in [-0.25, -0.2) is 9.18 Å². The Morgan fingerprint density at radius 2 is 1.69 bits per heavy atom. The number of aliphatic hydroxyl groups excluding tert-OH is 2. The minimum atomic E-state index is -1.55. The Balaban J connectivity index is 1.45. The van der Waals surface area contributed by atoms with E-state index in [4.69, 9.17) is 33.7 Å². The van der Waals surface area contributed by atoms with Crippen molar-refractivity contribution >= 4 is 18.1 Å². The summed E-state index contributed by atoms with van der Waals surface area (Å²) in [5.74, 6) is -1.02. The number of halogens is 1. The Morgan fingerprint density at radius 3 is 2.40 bits per heavy atom. The molecule has 1 saturated carbocycles. The zero-order valence-electron chi connectivity index (χ0n) is 37.1. The fraction of sp³-hybridized carbons (Fsp3) is 0.404. The lowest BCUT2D eigenvalue weighted by atomic mass is 9.55. The molecule has 0 unspecified atom stereocenters. The molecule has 65 heavy (non-hydrogen) atoms. The summed E-state index contributed by atoms with van der Waals surface area (Å²) in [7, 11) is 1.50. The Morgan fingerprint density at radius 1 is 0.954 bits per heavy atom. The summed E-state index contributed by atoms with van der Waals surface area (Å²) in [5.41, 5.74) is 4.27. The molecule has 1 heterocycles. The van der Waals surface area contributed by atoms with Gasteiger partial charge in [-0.3, -0.25) is 9.69 Å². The predicted molar refractivity (Wildman–Crippen MR) is 244 cm³/mol. The normalized spacial score (nSPS) is 22.4. The van der Waals surface area contributed by atoms with Crippen LogP contribution in [0.2, 0.25) is 0 Å². The van der Waals surface area contributed by atoms with Crippen LogP contribution in [0, 0.1) is 23.6 Å². The van der Waals surface area contributed by atoms with Gasteiger partial charge in [0, 0.05) is 37.7 Å². The van der Waals surface area contributed by atoms with Crippen LogP contribution < -0.4 is 14.2 Å². The van der Waals surface area contributed by atoms with Crippen molar-refractivity contribution in [1.82, 2.24) is 4.90 Å². The van der Waals surface area contributed by atoms with Crippen LogP contribution in [-0.4, -0.2) is 78.6 Å². The maximum atomic E-state index is 14.5.